The van der Waals surface area contributed by atoms with Crippen molar-refractivity contribution in [1.82, 2.24) is 15.3 Å². The Morgan fingerprint density at radius 2 is 1.70 bits per heavy atom. The van der Waals surface area contributed by atoms with Gasteiger partial charge in [0.2, 0.25) is 5.95 Å². The minimum absolute atomic E-state index is 0.461. The first-order valence-electron chi connectivity index (χ1n) is 12.7. The number of rotatable bonds is 4. The minimum Gasteiger partial charge on any atom is -0.360 e. The molecule has 176 valence electrons. The molecule has 2 N–H and O–H groups in total. The van der Waals surface area contributed by atoms with Crippen molar-refractivity contribution in [3.63, 3.8) is 0 Å². The normalized spacial score (nSPS) is 21.4. The number of anilines is 3. The molecule has 33 heavy (non-hydrogen) atoms. The fraction of sp³-hybridized carbons (Fsp3) is 0.577. The van der Waals surface area contributed by atoms with Gasteiger partial charge in [0.05, 0.1) is 0 Å². The first-order valence-corrected chi connectivity index (χ1v) is 13.1. The van der Waals surface area contributed by atoms with Crippen LogP contribution in [0.3, 0.4) is 0 Å². The van der Waals surface area contributed by atoms with Crippen LogP contribution in [-0.2, 0) is 13.0 Å². The number of piperidine rings is 1. The summed E-state index contributed by atoms with van der Waals surface area (Å²) in [5.41, 5.74) is 2.84. The summed E-state index contributed by atoms with van der Waals surface area (Å²) in [6, 6.07) is 11.4. The van der Waals surface area contributed by atoms with Crippen LogP contribution in [0.1, 0.15) is 63.0 Å². The molecule has 0 spiro atoms. The van der Waals surface area contributed by atoms with Gasteiger partial charge in [0, 0.05) is 38.3 Å². The monoisotopic (exact) mass is 464 g/mol. The molecule has 6 nitrogen and oxygen atoms in total. The number of aromatic nitrogens is 2. The zero-order valence-corrected chi connectivity index (χ0v) is 20.5. The summed E-state index contributed by atoms with van der Waals surface area (Å²) < 4.78 is 0. The first kappa shape index (κ1) is 22.4. The van der Waals surface area contributed by atoms with E-state index in [1.807, 2.05) is 0 Å². The molecule has 1 aliphatic carbocycles. The van der Waals surface area contributed by atoms with Crippen molar-refractivity contribution in [3.8, 4) is 0 Å². The lowest BCUT2D eigenvalue weighted by Gasteiger charge is -2.34. The standard InChI is InChI=1S/C26H36N6S/c1-19-8-7-14-31(17-19)23-16-24(32-15-13-20-9-5-6-10-21(20)18-32)29-25(28-23)30-26(33)27-22-11-3-2-4-12-22/h5-6,9-10,16,19,22H,2-4,7-8,11-15,17-18H2,1H3,(H2,27,28,29,30,33)/t19-/m0/s1. The van der Waals surface area contributed by atoms with E-state index in [1.165, 1.54) is 56.1 Å². The topological polar surface area (TPSA) is 56.3 Å². The fourth-order valence-electron chi connectivity index (χ4n) is 5.46. The summed E-state index contributed by atoms with van der Waals surface area (Å²) in [5, 5.41) is 7.46. The minimum atomic E-state index is 0.461. The van der Waals surface area contributed by atoms with Crippen molar-refractivity contribution in [1.29, 1.82) is 0 Å². The Balaban J connectivity index is 1.38. The van der Waals surface area contributed by atoms with Gasteiger partial charge in [-0.25, -0.2) is 0 Å². The third-order valence-electron chi connectivity index (χ3n) is 7.30. The number of fused-ring (bicyclic) bond motifs is 1. The fourth-order valence-corrected chi connectivity index (χ4v) is 5.72. The van der Waals surface area contributed by atoms with Crippen LogP contribution in [0.2, 0.25) is 0 Å². The molecule has 7 heteroatoms. The second-order valence-electron chi connectivity index (χ2n) is 9.98. The molecule has 1 saturated carbocycles. The summed E-state index contributed by atoms with van der Waals surface area (Å²) in [6.07, 6.45) is 9.81. The lowest BCUT2D eigenvalue weighted by Crippen LogP contribution is -2.39. The van der Waals surface area contributed by atoms with Gasteiger partial charge >= 0.3 is 0 Å². The van der Waals surface area contributed by atoms with Crippen molar-refractivity contribution >= 4 is 34.9 Å². The van der Waals surface area contributed by atoms with E-state index >= 15 is 0 Å². The molecule has 0 amide bonds. The molecule has 0 bridgehead atoms. The van der Waals surface area contributed by atoms with Crippen LogP contribution in [0, 0.1) is 5.92 Å². The van der Waals surface area contributed by atoms with Gasteiger partial charge < -0.3 is 20.4 Å². The average Bonchev–Trinajstić information content (AvgIpc) is 2.84. The predicted octanol–water partition coefficient (Wildman–Crippen LogP) is 4.89. The van der Waals surface area contributed by atoms with E-state index < -0.39 is 0 Å². The summed E-state index contributed by atoms with van der Waals surface area (Å²) in [7, 11) is 0. The van der Waals surface area contributed by atoms with E-state index in [4.69, 9.17) is 22.2 Å². The maximum absolute atomic E-state index is 5.66. The number of nitrogens with one attached hydrogen (secondary N) is 2. The van der Waals surface area contributed by atoms with Crippen LogP contribution < -0.4 is 20.4 Å². The van der Waals surface area contributed by atoms with Gasteiger partial charge in [0.1, 0.15) is 11.6 Å². The maximum atomic E-state index is 5.66. The highest BCUT2D eigenvalue weighted by molar-refractivity contribution is 7.80. The third kappa shape index (κ3) is 5.57. The molecule has 1 atom stereocenters. The second kappa shape index (κ2) is 10.2. The second-order valence-corrected chi connectivity index (χ2v) is 10.4. The Morgan fingerprint density at radius 1 is 0.939 bits per heavy atom. The van der Waals surface area contributed by atoms with Crippen LogP contribution in [0.4, 0.5) is 17.6 Å². The number of nitrogens with zero attached hydrogens (tertiary/aromatic N) is 4. The third-order valence-corrected chi connectivity index (χ3v) is 7.52. The zero-order chi connectivity index (χ0) is 22.6. The molecule has 2 fully saturated rings. The Bertz CT molecular complexity index is 973. The molecule has 3 aliphatic rings. The van der Waals surface area contributed by atoms with Crippen molar-refractivity contribution < 1.29 is 0 Å². The first-order chi connectivity index (χ1) is 16.1. The molecular weight excluding hydrogens is 428 g/mol. The van der Waals surface area contributed by atoms with E-state index in [0.717, 1.165) is 44.2 Å². The van der Waals surface area contributed by atoms with Crippen LogP contribution in [0.5, 0.6) is 0 Å². The SMILES string of the molecule is C[C@H]1CCCN(c2cc(N3CCc4ccccc4C3)nc(NC(=S)NC3CCCCC3)n2)C1. The van der Waals surface area contributed by atoms with Gasteiger partial charge in [-0.2, -0.15) is 9.97 Å². The smallest absolute Gasteiger partial charge is 0.232 e. The summed E-state index contributed by atoms with van der Waals surface area (Å²) in [5.74, 6) is 3.28. The highest BCUT2D eigenvalue weighted by Gasteiger charge is 2.23. The van der Waals surface area contributed by atoms with Crippen molar-refractivity contribution in [2.45, 2.75) is 70.9 Å². The molecule has 2 aliphatic heterocycles. The van der Waals surface area contributed by atoms with Crippen LogP contribution in [-0.4, -0.2) is 40.8 Å². The van der Waals surface area contributed by atoms with E-state index in [9.17, 15) is 0 Å². The molecule has 2 aromatic rings. The van der Waals surface area contributed by atoms with Gasteiger partial charge in [0.25, 0.3) is 0 Å². The molecule has 0 unspecified atom stereocenters. The summed E-state index contributed by atoms with van der Waals surface area (Å²) >= 11 is 5.66. The van der Waals surface area contributed by atoms with Crippen LogP contribution in [0.15, 0.2) is 30.3 Å². The molecule has 3 heterocycles. The van der Waals surface area contributed by atoms with Gasteiger partial charge in [-0.1, -0.05) is 50.5 Å². The Morgan fingerprint density at radius 3 is 2.48 bits per heavy atom. The lowest BCUT2D eigenvalue weighted by atomic mass is 9.96. The van der Waals surface area contributed by atoms with Crippen LogP contribution in [0.25, 0.3) is 0 Å². The van der Waals surface area contributed by atoms with E-state index in [1.54, 1.807) is 0 Å². The van der Waals surface area contributed by atoms with Crippen molar-refractivity contribution in [3.05, 3.63) is 41.5 Å². The molecule has 1 saturated heterocycles. The largest absolute Gasteiger partial charge is 0.360 e. The van der Waals surface area contributed by atoms with Gasteiger partial charge in [-0.15, -0.1) is 0 Å². The Kier molecular flexibility index (Phi) is 6.95. The zero-order valence-electron chi connectivity index (χ0n) is 19.7. The van der Waals surface area contributed by atoms with E-state index in [-0.39, 0.29) is 0 Å². The molecular formula is C26H36N6S. The summed E-state index contributed by atoms with van der Waals surface area (Å²) in [4.78, 5) is 14.6. The average molecular weight is 465 g/mol. The Hall–Kier alpha value is -2.41. The highest BCUT2D eigenvalue weighted by atomic mass is 32.1. The molecule has 1 aromatic carbocycles. The highest BCUT2D eigenvalue weighted by Crippen LogP contribution is 2.29. The molecule has 1 aromatic heterocycles. The van der Waals surface area contributed by atoms with E-state index in [2.05, 4.69) is 57.7 Å². The van der Waals surface area contributed by atoms with Gasteiger partial charge in [0.15, 0.2) is 5.11 Å². The Labute approximate surface area is 203 Å². The summed E-state index contributed by atoms with van der Waals surface area (Å²) in [6.45, 7) is 6.27. The van der Waals surface area contributed by atoms with E-state index in [0.29, 0.717) is 23.0 Å². The lowest BCUT2D eigenvalue weighted by molar-refractivity contribution is 0.414. The van der Waals surface area contributed by atoms with Crippen molar-refractivity contribution in [2.24, 2.45) is 5.92 Å². The number of thiocarbonyl (C=S) groups is 1. The van der Waals surface area contributed by atoms with Crippen LogP contribution >= 0.6 is 12.2 Å². The molecule has 5 rings (SSSR count). The molecule has 0 radical (unpaired) electrons. The number of hydrogen-bond donors (Lipinski definition) is 2. The quantitative estimate of drug-likeness (QED) is 0.625. The maximum Gasteiger partial charge on any atom is 0.232 e. The number of hydrogen-bond acceptors (Lipinski definition) is 5. The van der Waals surface area contributed by atoms with Gasteiger partial charge in [-0.05, 0) is 61.4 Å². The van der Waals surface area contributed by atoms with Crippen molar-refractivity contribution in [2.75, 3.05) is 34.8 Å². The predicted molar refractivity (Wildman–Crippen MR) is 140 cm³/mol. The van der Waals surface area contributed by atoms with Gasteiger partial charge in [-0.3, -0.25) is 0 Å². The number of benzene rings is 1.